The SMILES string of the molecule is NCC[N+](CCN)(CCC[C@H](N)C(=O)N[C@H](Cc1ccc(C(F)(F)F)cc1)C(=O)Nc1cnc2ccccc2c1)CC(=O)[O-]. The molecule has 0 unspecified atom stereocenters. The van der Waals surface area contributed by atoms with Gasteiger partial charge in [0, 0.05) is 24.9 Å². The molecule has 0 saturated carbocycles. The molecule has 1 heterocycles. The van der Waals surface area contributed by atoms with E-state index < -0.39 is 41.6 Å². The summed E-state index contributed by atoms with van der Waals surface area (Å²) in [5.41, 5.74) is 18.2. The van der Waals surface area contributed by atoms with Gasteiger partial charge in [-0.2, -0.15) is 13.2 Å². The number of rotatable bonds is 16. The summed E-state index contributed by atoms with van der Waals surface area (Å²) in [6, 6.07) is 11.1. The highest BCUT2D eigenvalue weighted by Gasteiger charge is 2.31. The van der Waals surface area contributed by atoms with E-state index in [1.807, 2.05) is 24.3 Å². The Hall–Kier alpha value is -4.11. The van der Waals surface area contributed by atoms with Gasteiger partial charge < -0.3 is 42.2 Å². The predicted molar refractivity (Wildman–Crippen MR) is 158 cm³/mol. The fourth-order valence-electron chi connectivity index (χ4n) is 5.09. The Balaban J connectivity index is 1.73. The highest BCUT2D eigenvalue weighted by molar-refractivity contribution is 5.99. The maximum Gasteiger partial charge on any atom is 0.416 e. The van der Waals surface area contributed by atoms with E-state index in [2.05, 4.69) is 15.6 Å². The molecule has 0 bridgehead atoms. The van der Waals surface area contributed by atoms with Crippen molar-refractivity contribution in [1.29, 1.82) is 0 Å². The second-order valence-electron chi connectivity index (χ2n) is 10.7. The van der Waals surface area contributed by atoms with Crippen molar-refractivity contribution in [3.8, 4) is 0 Å². The number of anilines is 1. The van der Waals surface area contributed by atoms with Crippen LogP contribution in [-0.2, 0) is 27.0 Å². The van der Waals surface area contributed by atoms with Crippen LogP contribution in [-0.4, -0.2) is 78.6 Å². The number of para-hydroxylation sites is 1. The lowest BCUT2D eigenvalue weighted by Crippen LogP contribution is -2.58. The van der Waals surface area contributed by atoms with E-state index in [-0.39, 0.29) is 37.0 Å². The summed E-state index contributed by atoms with van der Waals surface area (Å²) >= 11 is 0. The number of carboxylic acid groups (broad SMARTS) is 1. The second-order valence-corrected chi connectivity index (χ2v) is 10.7. The molecule has 2 atom stereocenters. The van der Waals surface area contributed by atoms with Crippen LogP contribution >= 0.6 is 0 Å². The van der Waals surface area contributed by atoms with Crippen LogP contribution < -0.4 is 32.9 Å². The molecule has 0 saturated heterocycles. The number of amides is 2. The number of pyridine rings is 1. The molecule has 0 radical (unpaired) electrons. The summed E-state index contributed by atoms with van der Waals surface area (Å²) in [7, 11) is 0. The number of hydrogen-bond acceptors (Lipinski definition) is 8. The van der Waals surface area contributed by atoms with Crippen molar-refractivity contribution in [2.75, 3.05) is 44.6 Å². The molecule has 0 aliphatic carbocycles. The lowest BCUT2D eigenvalue weighted by atomic mass is 10.0. The van der Waals surface area contributed by atoms with E-state index in [0.717, 1.165) is 17.5 Å². The molecule has 0 aliphatic rings. The van der Waals surface area contributed by atoms with Crippen molar-refractivity contribution >= 4 is 34.4 Å². The Bertz CT molecular complexity index is 1410. The highest BCUT2D eigenvalue weighted by Crippen LogP contribution is 2.29. The number of aromatic nitrogens is 1. The van der Waals surface area contributed by atoms with Crippen molar-refractivity contribution in [2.24, 2.45) is 17.2 Å². The Morgan fingerprint density at radius 3 is 2.23 bits per heavy atom. The van der Waals surface area contributed by atoms with Gasteiger partial charge in [-0.1, -0.05) is 30.3 Å². The van der Waals surface area contributed by atoms with Crippen LogP contribution in [0.1, 0.15) is 24.0 Å². The number of hydrogen-bond donors (Lipinski definition) is 5. The predicted octanol–water partition coefficient (Wildman–Crippen LogP) is 0.511. The molecule has 44 heavy (non-hydrogen) atoms. The molecule has 1 aromatic heterocycles. The van der Waals surface area contributed by atoms with Crippen LogP contribution in [0.2, 0.25) is 0 Å². The first-order valence-corrected chi connectivity index (χ1v) is 14.2. The Kier molecular flexibility index (Phi) is 12.2. The number of carbonyl (C=O) groups excluding carboxylic acids is 3. The molecule has 3 aromatic rings. The summed E-state index contributed by atoms with van der Waals surface area (Å²) in [5.74, 6) is -2.50. The third-order valence-corrected chi connectivity index (χ3v) is 7.37. The summed E-state index contributed by atoms with van der Waals surface area (Å²) in [5, 5.41) is 17.5. The van der Waals surface area contributed by atoms with E-state index in [4.69, 9.17) is 17.2 Å². The fraction of sp³-hybridized carbons (Fsp3) is 0.400. The number of nitrogens with one attached hydrogen (secondary N) is 2. The van der Waals surface area contributed by atoms with Gasteiger partial charge in [0.2, 0.25) is 11.8 Å². The first-order chi connectivity index (χ1) is 20.9. The minimum Gasteiger partial charge on any atom is -0.544 e. The largest absolute Gasteiger partial charge is 0.544 e. The standard InChI is InChI=1S/C30H38F3N7O4/c31-30(32,33)22-9-7-20(8-10-22)16-26(29(44)38-23-17-21-4-1-2-6-25(21)37-18-23)39-28(43)24(36)5-3-13-40(14-11-34,15-12-35)19-27(41)42/h1-2,4,6-10,17-18,24,26H,3,5,11-16,19,34-36H2,(H2-,38,39,41,42,43,44)/t24-,26+/m0/s1. The van der Waals surface area contributed by atoms with Crippen LogP contribution in [0, 0.1) is 0 Å². The van der Waals surface area contributed by atoms with Gasteiger partial charge in [-0.3, -0.25) is 14.6 Å². The molecule has 238 valence electrons. The third kappa shape index (κ3) is 9.98. The lowest BCUT2D eigenvalue weighted by molar-refractivity contribution is -0.920. The number of nitrogens with zero attached hydrogens (tertiary/aromatic N) is 2. The molecular weight excluding hydrogens is 579 g/mol. The van der Waals surface area contributed by atoms with Crippen LogP contribution in [0.5, 0.6) is 0 Å². The van der Waals surface area contributed by atoms with Crippen LogP contribution in [0.15, 0.2) is 60.8 Å². The van der Waals surface area contributed by atoms with Gasteiger partial charge in [0.1, 0.15) is 12.6 Å². The fourth-order valence-corrected chi connectivity index (χ4v) is 5.09. The Morgan fingerprint density at radius 1 is 0.955 bits per heavy atom. The van der Waals surface area contributed by atoms with E-state index >= 15 is 0 Å². The van der Waals surface area contributed by atoms with Gasteiger partial charge in [-0.05, 0) is 42.7 Å². The summed E-state index contributed by atoms with van der Waals surface area (Å²) in [6.45, 7) is 1.22. The molecule has 0 aliphatic heterocycles. The van der Waals surface area contributed by atoms with Crippen LogP contribution in [0.3, 0.4) is 0 Å². The van der Waals surface area contributed by atoms with Crippen LogP contribution in [0.4, 0.5) is 18.9 Å². The first kappa shape index (κ1) is 34.4. The van der Waals surface area contributed by atoms with Gasteiger partial charge in [0.15, 0.2) is 0 Å². The Labute approximate surface area is 253 Å². The number of alkyl halides is 3. The maximum absolute atomic E-state index is 13.4. The summed E-state index contributed by atoms with van der Waals surface area (Å²) < 4.78 is 39.3. The summed E-state index contributed by atoms with van der Waals surface area (Å²) in [4.78, 5) is 42.2. The smallest absolute Gasteiger partial charge is 0.416 e. The molecule has 0 fully saturated rings. The number of halogens is 3. The number of benzene rings is 2. The Morgan fingerprint density at radius 2 is 1.61 bits per heavy atom. The van der Waals surface area contributed by atoms with Gasteiger partial charge in [-0.25, -0.2) is 0 Å². The van der Waals surface area contributed by atoms with Crippen molar-refractivity contribution in [1.82, 2.24) is 10.3 Å². The average molecular weight is 618 g/mol. The lowest BCUT2D eigenvalue weighted by Gasteiger charge is -2.38. The van der Waals surface area contributed by atoms with E-state index in [1.165, 1.54) is 18.3 Å². The zero-order chi connectivity index (χ0) is 32.3. The van der Waals surface area contributed by atoms with Gasteiger partial charge in [-0.15, -0.1) is 0 Å². The third-order valence-electron chi connectivity index (χ3n) is 7.37. The zero-order valence-corrected chi connectivity index (χ0v) is 24.2. The van der Waals surface area contributed by atoms with Crippen molar-refractivity contribution in [3.63, 3.8) is 0 Å². The number of carbonyl (C=O) groups is 3. The van der Waals surface area contributed by atoms with E-state index in [1.54, 1.807) is 6.07 Å². The minimum atomic E-state index is -4.52. The number of nitrogens with two attached hydrogens (primary N) is 3. The molecule has 2 aromatic carbocycles. The average Bonchev–Trinajstić information content (AvgIpc) is 2.96. The molecule has 3 rings (SSSR count). The minimum absolute atomic E-state index is 0.0857. The number of fused-ring (bicyclic) bond motifs is 1. The second kappa shape index (κ2) is 15.6. The van der Waals surface area contributed by atoms with Crippen molar-refractivity contribution in [2.45, 2.75) is 37.5 Å². The number of carboxylic acids is 1. The molecule has 0 spiro atoms. The monoisotopic (exact) mass is 617 g/mol. The zero-order valence-electron chi connectivity index (χ0n) is 24.2. The maximum atomic E-state index is 13.4. The molecule has 8 N–H and O–H groups in total. The van der Waals surface area contributed by atoms with E-state index in [9.17, 15) is 32.7 Å². The number of aliphatic carboxylic acids is 1. The molecule has 2 amide bonds. The van der Waals surface area contributed by atoms with Crippen molar-refractivity contribution < 1.29 is 37.1 Å². The van der Waals surface area contributed by atoms with Crippen molar-refractivity contribution in [3.05, 3.63) is 71.9 Å². The highest BCUT2D eigenvalue weighted by atomic mass is 19.4. The quantitative estimate of drug-likeness (QED) is 0.144. The van der Waals surface area contributed by atoms with Crippen LogP contribution in [0.25, 0.3) is 10.9 Å². The molecule has 14 heteroatoms. The van der Waals surface area contributed by atoms with E-state index in [0.29, 0.717) is 42.8 Å². The van der Waals surface area contributed by atoms with Gasteiger partial charge in [0.05, 0.1) is 54.6 Å². The number of quaternary nitrogens is 1. The molecule has 11 nitrogen and oxygen atoms in total. The first-order valence-electron chi connectivity index (χ1n) is 14.2. The molecular formula is C30H38F3N7O4. The van der Waals surface area contributed by atoms with Gasteiger partial charge in [0.25, 0.3) is 0 Å². The normalized spacial score (nSPS) is 13.3. The van der Waals surface area contributed by atoms with Gasteiger partial charge >= 0.3 is 6.18 Å². The topological polar surface area (TPSA) is 189 Å². The summed E-state index contributed by atoms with van der Waals surface area (Å²) in [6.07, 6.45) is -2.65.